The molecule has 1 rings (SSSR count). The lowest BCUT2D eigenvalue weighted by molar-refractivity contribution is 0.342. The molecule has 0 aliphatic carbocycles. The van der Waals surface area contributed by atoms with E-state index in [4.69, 9.17) is 13.8 Å². The van der Waals surface area contributed by atoms with Gasteiger partial charge in [0.2, 0.25) is 9.03 Å². The van der Waals surface area contributed by atoms with E-state index in [1.54, 1.807) is 7.11 Å². The van der Waals surface area contributed by atoms with Gasteiger partial charge in [0.1, 0.15) is 0 Å². The second kappa shape index (κ2) is 7.26. The van der Waals surface area contributed by atoms with Gasteiger partial charge in [0, 0.05) is 0 Å². The zero-order chi connectivity index (χ0) is 11.8. The first-order valence-corrected chi connectivity index (χ1v) is 5.97. The summed E-state index contributed by atoms with van der Waals surface area (Å²) in [6.07, 6.45) is 3.99. The summed E-state index contributed by atoms with van der Waals surface area (Å²) in [5.74, 6) is 1.44. The lowest BCUT2D eigenvalue weighted by atomic mass is 10.2. The van der Waals surface area contributed by atoms with Gasteiger partial charge in [-0.3, -0.25) is 0 Å². The lowest BCUT2D eigenvalue weighted by Gasteiger charge is -2.10. The third-order valence-corrected chi connectivity index (χ3v) is 2.61. The molecule has 0 saturated carbocycles. The first-order valence-electron chi connectivity index (χ1n) is 5.16. The molecule has 0 heterocycles. The van der Waals surface area contributed by atoms with Crippen LogP contribution in [0.15, 0.2) is 24.3 Å². The van der Waals surface area contributed by atoms with Crippen molar-refractivity contribution in [1.82, 2.24) is 0 Å². The maximum absolute atomic E-state index is 5.46. The molecule has 0 aliphatic heterocycles. The number of hydrogen-bond donors (Lipinski definition) is 0. The minimum absolute atomic E-state index is 0.00878. The monoisotopic (exact) mass is 240 g/mol. The largest absolute Gasteiger partial charge is 0.493 e. The highest BCUT2D eigenvalue weighted by molar-refractivity contribution is 7.26. The van der Waals surface area contributed by atoms with E-state index in [2.05, 4.69) is 0 Å². The van der Waals surface area contributed by atoms with Crippen LogP contribution in [0.5, 0.6) is 11.5 Å². The molecule has 88 valence electrons. The summed E-state index contributed by atoms with van der Waals surface area (Å²) in [6, 6.07) is 5.81. The van der Waals surface area contributed by atoms with Crippen LogP contribution in [0.3, 0.4) is 0 Å². The average molecular weight is 240 g/mol. The summed E-state index contributed by atoms with van der Waals surface area (Å²) in [4.78, 5) is 0. The van der Waals surface area contributed by atoms with Gasteiger partial charge in [-0.2, -0.15) is 0 Å². The predicted octanol–water partition coefficient (Wildman–Crippen LogP) is 3.65. The molecule has 1 unspecified atom stereocenters. The molecule has 1 atom stereocenters. The van der Waals surface area contributed by atoms with Crippen molar-refractivity contribution in [2.45, 2.75) is 13.8 Å². The van der Waals surface area contributed by atoms with Crippen LogP contribution in [-0.4, -0.2) is 13.7 Å². The Bertz CT molecular complexity index is 350. The number of allylic oxidation sites excluding steroid dienone is 1. The molecule has 0 amide bonds. The number of ether oxygens (including phenoxy) is 1. The van der Waals surface area contributed by atoms with E-state index < -0.39 is 0 Å². The van der Waals surface area contributed by atoms with Gasteiger partial charge in [-0.25, -0.2) is 0 Å². The summed E-state index contributed by atoms with van der Waals surface area (Å²) in [5.41, 5.74) is 1.09. The Morgan fingerprint density at radius 1 is 1.31 bits per heavy atom. The average Bonchev–Trinajstić information content (AvgIpc) is 2.31. The quantitative estimate of drug-likeness (QED) is 0.561. The van der Waals surface area contributed by atoms with Gasteiger partial charge in [-0.05, 0) is 31.5 Å². The Hall–Kier alpha value is -1.05. The Labute approximate surface area is 98.4 Å². The van der Waals surface area contributed by atoms with E-state index in [9.17, 15) is 0 Å². The highest BCUT2D eigenvalue weighted by Crippen LogP contribution is 2.33. The van der Waals surface area contributed by atoms with E-state index in [0.29, 0.717) is 12.4 Å². The number of hydrogen-bond acceptors (Lipinski definition) is 3. The molecule has 1 aromatic carbocycles. The smallest absolute Gasteiger partial charge is 0.215 e. The van der Waals surface area contributed by atoms with Crippen LogP contribution in [0, 0.1) is 0 Å². The van der Waals surface area contributed by atoms with Crippen LogP contribution < -0.4 is 9.26 Å². The van der Waals surface area contributed by atoms with E-state index in [0.717, 1.165) is 11.3 Å². The van der Waals surface area contributed by atoms with Gasteiger partial charge in [0.05, 0.1) is 13.7 Å². The first-order chi connectivity index (χ1) is 7.81. The van der Waals surface area contributed by atoms with Crippen molar-refractivity contribution in [1.29, 1.82) is 0 Å². The van der Waals surface area contributed by atoms with Crippen molar-refractivity contribution in [3.8, 4) is 11.5 Å². The maximum Gasteiger partial charge on any atom is 0.215 e. The molecule has 1 aromatic rings. The summed E-state index contributed by atoms with van der Waals surface area (Å²) in [6.45, 7) is 4.56. The Balaban J connectivity index is 2.76. The second-order valence-corrected chi connectivity index (χ2v) is 3.69. The Kier molecular flexibility index (Phi) is 5.91. The third kappa shape index (κ3) is 3.84. The number of rotatable bonds is 6. The third-order valence-electron chi connectivity index (χ3n) is 1.90. The molecular weight excluding hydrogens is 223 g/mol. The molecule has 16 heavy (non-hydrogen) atoms. The predicted molar refractivity (Wildman–Crippen MR) is 68.3 cm³/mol. The molecule has 3 nitrogen and oxygen atoms in total. The maximum atomic E-state index is 5.46. The van der Waals surface area contributed by atoms with Crippen LogP contribution in [-0.2, 0) is 4.52 Å². The molecule has 0 spiro atoms. The highest BCUT2D eigenvalue weighted by atomic mass is 31.1. The fourth-order valence-corrected chi connectivity index (χ4v) is 1.63. The summed E-state index contributed by atoms with van der Waals surface area (Å²) < 4.78 is 15.9. The van der Waals surface area contributed by atoms with E-state index in [-0.39, 0.29) is 9.03 Å². The fourth-order valence-electron chi connectivity index (χ4n) is 1.20. The SMILES string of the molecule is C/C=C/c1ccc(OPOCC)c(OC)c1. The molecular formula is C12H17O3P. The summed E-state index contributed by atoms with van der Waals surface area (Å²) >= 11 is 0. The van der Waals surface area contributed by atoms with Crippen LogP contribution >= 0.6 is 9.03 Å². The molecule has 0 N–H and O–H groups in total. The second-order valence-electron chi connectivity index (χ2n) is 3.03. The Morgan fingerprint density at radius 2 is 2.12 bits per heavy atom. The fraction of sp³-hybridized carbons (Fsp3) is 0.333. The van der Waals surface area contributed by atoms with E-state index >= 15 is 0 Å². The summed E-state index contributed by atoms with van der Waals surface area (Å²) in [7, 11) is 1.64. The van der Waals surface area contributed by atoms with Gasteiger partial charge >= 0.3 is 0 Å². The lowest BCUT2D eigenvalue weighted by Crippen LogP contribution is -1.89. The van der Waals surface area contributed by atoms with Crippen molar-refractivity contribution in [3.63, 3.8) is 0 Å². The highest BCUT2D eigenvalue weighted by Gasteiger charge is 2.04. The van der Waals surface area contributed by atoms with Crippen LogP contribution in [0.2, 0.25) is 0 Å². The Morgan fingerprint density at radius 3 is 2.75 bits per heavy atom. The van der Waals surface area contributed by atoms with E-state index in [1.165, 1.54) is 0 Å². The topological polar surface area (TPSA) is 27.7 Å². The molecule has 0 bridgehead atoms. The molecule has 0 saturated heterocycles. The molecule has 0 fully saturated rings. The normalized spacial score (nSPS) is 11.4. The zero-order valence-electron chi connectivity index (χ0n) is 9.82. The zero-order valence-corrected chi connectivity index (χ0v) is 10.8. The molecule has 0 aliphatic rings. The number of benzene rings is 1. The van der Waals surface area contributed by atoms with Crippen molar-refractivity contribution in [2.75, 3.05) is 13.7 Å². The van der Waals surface area contributed by atoms with Crippen molar-refractivity contribution in [3.05, 3.63) is 29.8 Å². The number of methoxy groups -OCH3 is 1. The van der Waals surface area contributed by atoms with Gasteiger partial charge in [-0.1, -0.05) is 18.2 Å². The van der Waals surface area contributed by atoms with Gasteiger partial charge in [0.15, 0.2) is 11.5 Å². The van der Waals surface area contributed by atoms with Crippen LogP contribution in [0.1, 0.15) is 19.4 Å². The summed E-state index contributed by atoms with van der Waals surface area (Å²) in [5, 5.41) is 0. The van der Waals surface area contributed by atoms with Gasteiger partial charge in [0.25, 0.3) is 0 Å². The van der Waals surface area contributed by atoms with Gasteiger partial charge in [-0.15, -0.1) is 0 Å². The minimum atomic E-state index is 0.00878. The molecule has 4 heteroatoms. The molecule has 0 radical (unpaired) electrons. The van der Waals surface area contributed by atoms with Crippen LogP contribution in [0.4, 0.5) is 0 Å². The molecule has 0 aromatic heterocycles. The van der Waals surface area contributed by atoms with Crippen molar-refractivity contribution < 1.29 is 13.8 Å². The standard InChI is InChI=1S/C12H17O3P/c1-4-6-10-7-8-11(12(9-10)13-3)15-16-14-5-2/h4,6-9,16H,5H2,1-3H3/b6-4+. The van der Waals surface area contributed by atoms with Crippen LogP contribution in [0.25, 0.3) is 6.08 Å². The van der Waals surface area contributed by atoms with E-state index in [1.807, 2.05) is 44.2 Å². The van der Waals surface area contributed by atoms with Crippen molar-refractivity contribution in [2.24, 2.45) is 0 Å². The minimum Gasteiger partial charge on any atom is -0.493 e. The first kappa shape index (κ1) is 13.0. The van der Waals surface area contributed by atoms with Crippen molar-refractivity contribution >= 4 is 15.1 Å². The van der Waals surface area contributed by atoms with Gasteiger partial charge < -0.3 is 13.8 Å².